The molecule has 1 aliphatic carbocycles. The summed E-state index contributed by atoms with van der Waals surface area (Å²) >= 11 is 0. The zero-order valence-electron chi connectivity index (χ0n) is 11.9. The largest absolute Gasteiger partial charge is 0.354 e. The van der Waals surface area contributed by atoms with Gasteiger partial charge in [-0.2, -0.15) is 0 Å². The average molecular weight is 274 g/mol. The molecule has 4 heteroatoms. The standard InChI is InChI=1S/C16H22N2O2/c1-12-6-8-14(9-7-12)16(20)18-11-15(19)17-10-13-4-2-3-5-13/h6-9,13H,2-5,10-11H2,1H3,(H,17,19)(H,18,20). The van der Waals surface area contributed by atoms with Crippen molar-refractivity contribution in [3.05, 3.63) is 35.4 Å². The molecule has 20 heavy (non-hydrogen) atoms. The molecule has 0 bridgehead atoms. The fourth-order valence-electron chi connectivity index (χ4n) is 2.50. The summed E-state index contributed by atoms with van der Waals surface area (Å²) in [4.78, 5) is 23.5. The van der Waals surface area contributed by atoms with Gasteiger partial charge in [-0.05, 0) is 37.8 Å². The number of hydrogen-bond acceptors (Lipinski definition) is 2. The summed E-state index contributed by atoms with van der Waals surface area (Å²) in [5, 5.41) is 5.53. The number of hydrogen-bond donors (Lipinski definition) is 2. The average Bonchev–Trinajstić information content (AvgIpc) is 2.96. The molecule has 0 atom stereocenters. The van der Waals surface area contributed by atoms with Gasteiger partial charge in [0.25, 0.3) is 5.91 Å². The quantitative estimate of drug-likeness (QED) is 0.863. The summed E-state index contributed by atoms with van der Waals surface area (Å²) in [5.74, 6) is 0.296. The van der Waals surface area contributed by atoms with Crippen LogP contribution in [0.25, 0.3) is 0 Å². The number of carbonyl (C=O) groups excluding carboxylic acids is 2. The van der Waals surface area contributed by atoms with E-state index in [1.807, 2.05) is 19.1 Å². The SMILES string of the molecule is Cc1ccc(C(=O)NCC(=O)NCC2CCCC2)cc1. The highest BCUT2D eigenvalue weighted by molar-refractivity contribution is 5.96. The smallest absolute Gasteiger partial charge is 0.251 e. The van der Waals surface area contributed by atoms with Gasteiger partial charge < -0.3 is 10.6 Å². The Morgan fingerprint density at radius 2 is 1.75 bits per heavy atom. The first-order valence-electron chi connectivity index (χ1n) is 7.27. The first-order chi connectivity index (χ1) is 9.65. The predicted molar refractivity (Wildman–Crippen MR) is 78.5 cm³/mol. The Morgan fingerprint density at radius 1 is 1.10 bits per heavy atom. The molecule has 108 valence electrons. The van der Waals surface area contributed by atoms with E-state index in [2.05, 4.69) is 10.6 Å². The molecule has 2 rings (SSSR count). The lowest BCUT2D eigenvalue weighted by molar-refractivity contribution is -0.120. The molecule has 1 aromatic carbocycles. The molecular formula is C16H22N2O2. The lowest BCUT2D eigenvalue weighted by atomic mass is 10.1. The molecule has 0 radical (unpaired) electrons. The van der Waals surface area contributed by atoms with Crippen LogP contribution in [-0.2, 0) is 4.79 Å². The summed E-state index contributed by atoms with van der Waals surface area (Å²) in [6.07, 6.45) is 4.95. The lowest BCUT2D eigenvalue weighted by Gasteiger charge is -2.11. The number of benzene rings is 1. The van der Waals surface area contributed by atoms with E-state index < -0.39 is 0 Å². The van der Waals surface area contributed by atoms with Crippen molar-refractivity contribution in [2.75, 3.05) is 13.1 Å². The van der Waals surface area contributed by atoms with Gasteiger partial charge in [-0.25, -0.2) is 0 Å². The van der Waals surface area contributed by atoms with E-state index in [4.69, 9.17) is 0 Å². The van der Waals surface area contributed by atoms with Crippen molar-refractivity contribution < 1.29 is 9.59 Å². The van der Waals surface area contributed by atoms with Gasteiger partial charge >= 0.3 is 0 Å². The number of carbonyl (C=O) groups is 2. The molecule has 0 aromatic heterocycles. The van der Waals surface area contributed by atoms with Crippen LogP contribution in [0.4, 0.5) is 0 Å². The summed E-state index contributed by atoms with van der Waals surface area (Å²) in [6, 6.07) is 7.30. The van der Waals surface area contributed by atoms with E-state index in [-0.39, 0.29) is 18.4 Å². The van der Waals surface area contributed by atoms with E-state index in [0.717, 1.165) is 12.1 Å². The Bertz CT molecular complexity index is 462. The number of rotatable bonds is 5. The van der Waals surface area contributed by atoms with Crippen molar-refractivity contribution in [3.8, 4) is 0 Å². The van der Waals surface area contributed by atoms with Crippen LogP contribution in [0.1, 0.15) is 41.6 Å². The van der Waals surface area contributed by atoms with Gasteiger partial charge in [-0.1, -0.05) is 30.5 Å². The van der Waals surface area contributed by atoms with Gasteiger partial charge in [0, 0.05) is 12.1 Å². The van der Waals surface area contributed by atoms with Gasteiger partial charge in [0.05, 0.1) is 6.54 Å². The molecule has 0 aliphatic heterocycles. The van der Waals surface area contributed by atoms with E-state index in [1.165, 1.54) is 25.7 Å². The zero-order chi connectivity index (χ0) is 14.4. The first kappa shape index (κ1) is 14.6. The minimum atomic E-state index is -0.207. The molecule has 0 spiro atoms. The van der Waals surface area contributed by atoms with Crippen LogP contribution in [0.15, 0.2) is 24.3 Å². The lowest BCUT2D eigenvalue weighted by Crippen LogP contribution is -2.38. The molecule has 0 saturated heterocycles. The third-order valence-corrected chi connectivity index (χ3v) is 3.79. The number of nitrogens with one attached hydrogen (secondary N) is 2. The van der Waals surface area contributed by atoms with Crippen molar-refractivity contribution in [1.29, 1.82) is 0 Å². The molecule has 1 fully saturated rings. The van der Waals surface area contributed by atoms with Gasteiger partial charge in [0.15, 0.2) is 0 Å². The van der Waals surface area contributed by atoms with Gasteiger partial charge in [-0.15, -0.1) is 0 Å². The van der Waals surface area contributed by atoms with Crippen LogP contribution < -0.4 is 10.6 Å². The Kier molecular flexibility index (Phi) is 5.16. The maximum atomic E-state index is 11.8. The summed E-state index contributed by atoms with van der Waals surface area (Å²) in [5.41, 5.74) is 1.69. The molecule has 1 aliphatic rings. The van der Waals surface area contributed by atoms with E-state index in [0.29, 0.717) is 11.5 Å². The Balaban J connectivity index is 1.69. The summed E-state index contributed by atoms with van der Waals surface area (Å²) < 4.78 is 0. The first-order valence-corrected chi connectivity index (χ1v) is 7.27. The number of aryl methyl sites for hydroxylation is 1. The van der Waals surface area contributed by atoms with E-state index in [9.17, 15) is 9.59 Å². The Hall–Kier alpha value is -1.84. The zero-order valence-corrected chi connectivity index (χ0v) is 11.9. The van der Waals surface area contributed by atoms with Crippen molar-refractivity contribution in [1.82, 2.24) is 10.6 Å². The molecule has 0 heterocycles. The highest BCUT2D eigenvalue weighted by Crippen LogP contribution is 2.23. The highest BCUT2D eigenvalue weighted by atomic mass is 16.2. The molecule has 1 aromatic rings. The third kappa shape index (κ3) is 4.37. The predicted octanol–water partition coefficient (Wildman–Crippen LogP) is 2.03. The Morgan fingerprint density at radius 3 is 2.40 bits per heavy atom. The van der Waals surface area contributed by atoms with Gasteiger partial charge in [0.1, 0.15) is 0 Å². The molecule has 1 saturated carbocycles. The van der Waals surface area contributed by atoms with Crippen molar-refractivity contribution in [2.45, 2.75) is 32.6 Å². The highest BCUT2D eigenvalue weighted by Gasteiger charge is 2.15. The molecule has 4 nitrogen and oxygen atoms in total. The van der Waals surface area contributed by atoms with Gasteiger partial charge in [-0.3, -0.25) is 9.59 Å². The topological polar surface area (TPSA) is 58.2 Å². The number of amides is 2. The van der Waals surface area contributed by atoms with Crippen molar-refractivity contribution in [3.63, 3.8) is 0 Å². The Labute approximate surface area is 119 Å². The fraction of sp³-hybridized carbons (Fsp3) is 0.500. The maximum Gasteiger partial charge on any atom is 0.251 e. The van der Waals surface area contributed by atoms with Gasteiger partial charge in [0.2, 0.25) is 5.91 Å². The van der Waals surface area contributed by atoms with Crippen LogP contribution in [-0.4, -0.2) is 24.9 Å². The van der Waals surface area contributed by atoms with E-state index in [1.54, 1.807) is 12.1 Å². The molecule has 0 unspecified atom stereocenters. The molecule has 2 N–H and O–H groups in total. The minimum absolute atomic E-state index is 0.0411. The maximum absolute atomic E-state index is 11.8. The van der Waals surface area contributed by atoms with Crippen LogP contribution >= 0.6 is 0 Å². The minimum Gasteiger partial charge on any atom is -0.354 e. The van der Waals surface area contributed by atoms with Crippen molar-refractivity contribution in [2.24, 2.45) is 5.92 Å². The summed E-state index contributed by atoms with van der Waals surface area (Å²) in [6.45, 7) is 2.75. The second kappa shape index (κ2) is 7.08. The second-order valence-electron chi connectivity index (χ2n) is 5.50. The second-order valence-corrected chi connectivity index (χ2v) is 5.50. The van der Waals surface area contributed by atoms with Crippen molar-refractivity contribution >= 4 is 11.8 Å². The fourth-order valence-corrected chi connectivity index (χ4v) is 2.50. The normalized spacial score (nSPS) is 15.1. The van der Waals surface area contributed by atoms with Crippen LogP contribution in [0, 0.1) is 12.8 Å². The van der Waals surface area contributed by atoms with Crippen LogP contribution in [0.5, 0.6) is 0 Å². The van der Waals surface area contributed by atoms with Crippen LogP contribution in [0.2, 0.25) is 0 Å². The summed E-state index contributed by atoms with van der Waals surface area (Å²) in [7, 11) is 0. The molecule has 2 amide bonds. The molecular weight excluding hydrogens is 252 g/mol. The van der Waals surface area contributed by atoms with Crippen LogP contribution in [0.3, 0.4) is 0 Å². The monoisotopic (exact) mass is 274 g/mol. The third-order valence-electron chi connectivity index (χ3n) is 3.79. The van der Waals surface area contributed by atoms with E-state index >= 15 is 0 Å².